The summed E-state index contributed by atoms with van der Waals surface area (Å²) in [6.07, 6.45) is -2.96. The Balaban J connectivity index is 2.19. The molecule has 1 atom stereocenters. The van der Waals surface area contributed by atoms with Gasteiger partial charge >= 0.3 is 5.76 Å². The van der Waals surface area contributed by atoms with E-state index in [2.05, 4.69) is 0 Å². The van der Waals surface area contributed by atoms with Gasteiger partial charge in [-0.05, 0) is 37.4 Å². The van der Waals surface area contributed by atoms with Gasteiger partial charge in [-0.15, -0.1) is 0 Å². The Hall–Kier alpha value is -1.69. The maximum absolute atomic E-state index is 14.8. The summed E-state index contributed by atoms with van der Waals surface area (Å²) in [5.41, 5.74) is -0.797. The van der Waals surface area contributed by atoms with Crippen molar-refractivity contribution in [1.29, 1.82) is 0 Å². The summed E-state index contributed by atoms with van der Waals surface area (Å²) in [6, 6.07) is 5.10. The first kappa shape index (κ1) is 23.0. The van der Waals surface area contributed by atoms with E-state index in [0.29, 0.717) is 0 Å². The van der Waals surface area contributed by atoms with Gasteiger partial charge in [-0.1, -0.05) is 11.6 Å². The number of fused-ring (bicyclic) bond motifs is 1. The molecule has 164 valence electrons. The average Bonchev–Trinajstić information content (AvgIpc) is 2.89. The standard InChI is InChI=1S/C18H16ClF5O4SSi/c1-30(2)28-16-15-10(8-18(16,23)24)13(5-6-14(15)29(25,26)17(21)22)27-9-3-4-12(20)11(19)7-9/h3-7,16-17,30H,8H2,1-2H3. The topological polar surface area (TPSA) is 52.6 Å². The Bertz CT molecular complexity index is 1080. The van der Waals surface area contributed by atoms with Gasteiger partial charge in [0.05, 0.1) is 9.92 Å². The maximum Gasteiger partial charge on any atom is 0.341 e. The van der Waals surface area contributed by atoms with E-state index >= 15 is 0 Å². The predicted octanol–water partition coefficient (Wildman–Crippen LogP) is 5.50. The number of hydrogen-bond acceptors (Lipinski definition) is 4. The zero-order valence-electron chi connectivity index (χ0n) is 15.6. The van der Waals surface area contributed by atoms with Gasteiger partial charge in [-0.3, -0.25) is 0 Å². The number of sulfone groups is 1. The second-order valence-corrected chi connectivity index (χ2v) is 11.6. The highest BCUT2D eigenvalue weighted by atomic mass is 35.5. The molecule has 2 aromatic rings. The SMILES string of the molecule is C[SiH](C)OC1c2c(S(=O)(=O)C(F)F)ccc(Oc3ccc(F)c(Cl)c3)c2CC1(F)F. The van der Waals surface area contributed by atoms with Crippen LogP contribution >= 0.6 is 11.6 Å². The van der Waals surface area contributed by atoms with Crippen molar-refractivity contribution >= 4 is 30.5 Å². The Kier molecular flexibility index (Phi) is 6.20. The maximum atomic E-state index is 14.8. The van der Waals surface area contributed by atoms with Crippen LogP contribution in [0, 0.1) is 5.82 Å². The van der Waals surface area contributed by atoms with E-state index < -0.39 is 59.4 Å². The monoisotopic (exact) mass is 486 g/mol. The molecule has 0 spiro atoms. The molecule has 1 unspecified atom stereocenters. The summed E-state index contributed by atoms with van der Waals surface area (Å²) >= 11 is 5.69. The lowest BCUT2D eigenvalue weighted by molar-refractivity contribution is -0.0868. The zero-order chi connectivity index (χ0) is 22.4. The van der Waals surface area contributed by atoms with Crippen LogP contribution in [0.5, 0.6) is 11.5 Å². The lowest BCUT2D eigenvalue weighted by Gasteiger charge is -2.24. The van der Waals surface area contributed by atoms with Gasteiger partial charge in [0.15, 0.2) is 9.04 Å². The van der Waals surface area contributed by atoms with Crippen LogP contribution < -0.4 is 4.74 Å². The number of benzene rings is 2. The molecule has 1 aliphatic carbocycles. The highest BCUT2D eigenvalue weighted by Gasteiger charge is 2.53. The molecule has 0 saturated heterocycles. The van der Waals surface area contributed by atoms with Crippen LogP contribution in [0.4, 0.5) is 22.0 Å². The van der Waals surface area contributed by atoms with Crippen molar-refractivity contribution in [2.24, 2.45) is 0 Å². The average molecular weight is 487 g/mol. The zero-order valence-corrected chi connectivity index (χ0v) is 18.4. The van der Waals surface area contributed by atoms with E-state index in [1.807, 2.05) is 0 Å². The minimum atomic E-state index is -5.18. The molecule has 0 amide bonds. The van der Waals surface area contributed by atoms with E-state index in [0.717, 1.165) is 24.3 Å². The Morgan fingerprint density at radius 1 is 1.20 bits per heavy atom. The molecule has 0 N–H and O–H groups in total. The van der Waals surface area contributed by atoms with E-state index in [-0.39, 0.29) is 22.1 Å². The lowest BCUT2D eigenvalue weighted by Crippen LogP contribution is -2.29. The largest absolute Gasteiger partial charge is 0.457 e. The van der Waals surface area contributed by atoms with Gasteiger partial charge in [-0.25, -0.2) is 21.6 Å². The number of rotatable bonds is 6. The second kappa shape index (κ2) is 8.10. The van der Waals surface area contributed by atoms with Crippen molar-refractivity contribution in [2.45, 2.75) is 42.2 Å². The number of alkyl halides is 4. The van der Waals surface area contributed by atoms with Gasteiger partial charge in [0.2, 0.25) is 9.84 Å². The van der Waals surface area contributed by atoms with Crippen LogP contribution in [0.1, 0.15) is 17.2 Å². The van der Waals surface area contributed by atoms with E-state index in [4.69, 9.17) is 20.8 Å². The summed E-state index contributed by atoms with van der Waals surface area (Å²) in [6.45, 7) is 3.19. The Morgan fingerprint density at radius 3 is 2.43 bits per heavy atom. The quantitative estimate of drug-likeness (QED) is 0.399. The molecule has 1 aliphatic rings. The minimum Gasteiger partial charge on any atom is -0.457 e. The molecule has 0 aliphatic heterocycles. The summed E-state index contributed by atoms with van der Waals surface area (Å²) in [5, 5.41) is -0.279. The Labute approximate surface area is 176 Å². The molecule has 12 heteroatoms. The van der Waals surface area contributed by atoms with Crippen LogP contribution in [-0.2, 0) is 20.7 Å². The highest BCUT2D eigenvalue weighted by molar-refractivity contribution is 7.91. The van der Waals surface area contributed by atoms with Crippen molar-refractivity contribution in [3.8, 4) is 11.5 Å². The summed E-state index contributed by atoms with van der Waals surface area (Å²) in [5.74, 6) is -8.24. The van der Waals surface area contributed by atoms with Gasteiger partial charge < -0.3 is 9.16 Å². The fourth-order valence-electron chi connectivity index (χ4n) is 3.18. The molecule has 0 bridgehead atoms. The van der Waals surface area contributed by atoms with Crippen molar-refractivity contribution in [2.75, 3.05) is 0 Å². The third-order valence-corrected chi connectivity index (χ3v) is 6.94. The molecule has 30 heavy (non-hydrogen) atoms. The van der Waals surface area contributed by atoms with Gasteiger partial charge in [0.1, 0.15) is 23.4 Å². The smallest absolute Gasteiger partial charge is 0.341 e. The fraction of sp³-hybridized carbons (Fsp3) is 0.333. The van der Waals surface area contributed by atoms with Gasteiger partial charge in [-0.2, -0.15) is 8.78 Å². The third-order valence-electron chi connectivity index (χ3n) is 4.40. The molecule has 3 rings (SSSR count). The van der Waals surface area contributed by atoms with E-state index in [1.54, 1.807) is 13.1 Å². The molecular weight excluding hydrogens is 471 g/mol. The summed E-state index contributed by atoms with van der Waals surface area (Å²) < 4.78 is 104. The summed E-state index contributed by atoms with van der Waals surface area (Å²) in [4.78, 5) is -0.922. The van der Waals surface area contributed by atoms with Crippen LogP contribution in [0.2, 0.25) is 18.1 Å². The first-order valence-electron chi connectivity index (χ1n) is 8.68. The predicted molar refractivity (Wildman–Crippen MR) is 102 cm³/mol. The minimum absolute atomic E-state index is 0.000939. The van der Waals surface area contributed by atoms with Crippen molar-refractivity contribution in [1.82, 2.24) is 0 Å². The molecule has 0 aromatic heterocycles. The second-order valence-electron chi connectivity index (χ2n) is 6.94. The molecule has 2 aromatic carbocycles. The van der Waals surface area contributed by atoms with Crippen LogP contribution in [0.3, 0.4) is 0 Å². The third kappa shape index (κ3) is 4.20. The summed E-state index contributed by atoms with van der Waals surface area (Å²) in [7, 11) is -7.30. The molecular formula is C18H16ClF5O4SSi. The van der Waals surface area contributed by atoms with Gasteiger partial charge in [0.25, 0.3) is 5.92 Å². The number of hydrogen-bond donors (Lipinski definition) is 0. The Morgan fingerprint density at radius 2 is 1.87 bits per heavy atom. The fourth-order valence-corrected chi connectivity index (χ4v) is 5.22. The normalized spacial score (nSPS) is 18.1. The van der Waals surface area contributed by atoms with Crippen molar-refractivity contribution in [3.63, 3.8) is 0 Å². The van der Waals surface area contributed by atoms with Crippen LogP contribution in [0.25, 0.3) is 0 Å². The molecule has 4 nitrogen and oxygen atoms in total. The molecule has 0 radical (unpaired) electrons. The molecule has 0 heterocycles. The first-order chi connectivity index (χ1) is 13.8. The van der Waals surface area contributed by atoms with Crippen LogP contribution in [-0.4, -0.2) is 29.1 Å². The highest BCUT2D eigenvalue weighted by Crippen LogP contribution is 2.52. The van der Waals surface area contributed by atoms with E-state index in [1.165, 1.54) is 6.07 Å². The van der Waals surface area contributed by atoms with E-state index in [9.17, 15) is 30.4 Å². The van der Waals surface area contributed by atoms with Crippen LogP contribution in [0.15, 0.2) is 35.2 Å². The first-order valence-corrected chi connectivity index (χ1v) is 13.4. The lowest BCUT2D eigenvalue weighted by atomic mass is 10.1. The molecule has 0 saturated carbocycles. The molecule has 0 fully saturated rings. The number of halogens is 6. The van der Waals surface area contributed by atoms with Gasteiger partial charge in [0, 0.05) is 23.6 Å². The van der Waals surface area contributed by atoms with Crippen molar-refractivity contribution in [3.05, 3.63) is 52.3 Å². The number of ether oxygens (including phenoxy) is 1. The van der Waals surface area contributed by atoms with Crippen molar-refractivity contribution < 1.29 is 39.5 Å².